The Bertz CT molecular complexity index is 317. The third-order valence-corrected chi connectivity index (χ3v) is 2.52. The molecule has 7 nitrogen and oxygen atoms in total. The van der Waals surface area contributed by atoms with E-state index in [1.165, 1.54) is 0 Å². The summed E-state index contributed by atoms with van der Waals surface area (Å²) in [6.45, 7) is 1.33. The molecule has 0 spiro atoms. The summed E-state index contributed by atoms with van der Waals surface area (Å²) < 4.78 is 15.7. The number of ether oxygens (including phenoxy) is 2. The number of hydrogen-bond acceptors (Lipinski definition) is 7. The van der Waals surface area contributed by atoms with Crippen LogP contribution >= 0.6 is 0 Å². The summed E-state index contributed by atoms with van der Waals surface area (Å²) in [7, 11) is 3.31. The fourth-order valence-corrected chi connectivity index (χ4v) is 1.71. The first-order valence-electron chi connectivity index (χ1n) is 4.64. The molecule has 7 heteroatoms. The van der Waals surface area contributed by atoms with Crippen molar-refractivity contribution in [2.45, 2.75) is 12.2 Å². The molecule has 2 heterocycles. The molecule has 1 saturated heterocycles. The van der Waals surface area contributed by atoms with E-state index in [0.29, 0.717) is 19.1 Å². The van der Waals surface area contributed by atoms with Crippen molar-refractivity contribution in [2.75, 3.05) is 37.9 Å². The Morgan fingerprint density at radius 2 is 1.87 bits per heavy atom. The third-order valence-electron chi connectivity index (χ3n) is 2.52. The zero-order chi connectivity index (χ0) is 10.8. The molecular weight excluding hydrogens is 200 g/mol. The molecule has 15 heavy (non-hydrogen) atoms. The van der Waals surface area contributed by atoms with Gasteiger partial charge in [-0.05, 0) is 0 Å². The number of anilines is 2. The predicted octanol–water partition coefficient (Wildman–Crippen LogP) is -0.498. The van der Waals surface area contributed by atoms with Crippen molar-refractivity contribution in [3.8, 4) is 0 Å². The number of aromatic nitrogens is 2. The lowest BCUT2D eigenvalue weighted by Crippen LogP contribution is -2.27. The molecule has 0 amide bonds. The number of nitrogens with two attached hydrogens (primary N) is 1. The highest BCUT2D eigenvalue weighted by atomic mass is 16.5. The normalized spacial score (nSPS) is 26.1. The minimum atomic E-state index is 0.0168. The minimum absolute atomic E-state index is 0.0168. The van der Waals surface area contributed by atoms with Crippen LogP contribution in [0.4, 0.5) is 12.0 Å². The van der Waals surface area contributed by atoms with Gasteiger partial charge in [0.2, 0.25) is 0 Å². The standard InChI is InChI=1S/C8H14N4O3/c1-13-5-3-12(4-6(5)14-2)8-11-10-7(9)15-8/h5-6H,3-4H2,1-2H3,(H2,9,10). The summed E-state index contributed by atoms with van der Waals surface area (Å²) >= 11 is 0. The van der Waals surface area contributed by atoms with E-state index >= 15 is 0 Å². The molecule has 1 aromatic heterocycles. The van der Waals surface area contributed by atoms with Crippen LogP contribution in [0.5, 0.6) is 0 Å². The van der Waals surface area contributed by atoms with Crippen molar-refractivity contribution in [2.24, 2.45) is 0 Å². The maximum absolute atomic E-state index is 5.35. The lowest BCUT2D eigenvalue weighted by molar-refractivity contribution is -0.00461. The third kappa shape index (κ3) is 1.88. The van der Waals surface area contributed by atoms with Crippen LogP contribution in [0.25, 0.3) is 0 Å². The van der Waals surface area contributed by atoms with E-state index in [1.807, 2.05) is 4.90 Å². The number of nitrogens with zero attached hydrogens (tertiary/aromatic N) is 3. The molecule has 1 aliphatic heterocycles. The van der Waals surface area contributed by atoms with Gasteiger partial charge in [-0.1, -0.05) is 10.2 Å². The monoisotopic (exact) mass is 214 g/mol. The van der Waals surface area contributed by atoms with E-state index in [9.17, 15) is 0 Å². The second-order valence-corrected chi connectivity index (χ2v) is 3.38. The summed E-state index contributed by atoms with van der Waals surface area (Å²) in [5.74, 6) is 0. The van der Waals surface area contributed by atoms with Gasteiger partial charge in [0.15, 0.2) is 0 Å². The van der Waals surface area contributed by atoms with Gasteiger partial charge < -0.3 is 24.5 Å². The number of rotatable bonds is 3. The first-order valence-corrected chi connectivity index (χ1v) is 4.64. The van der Waals surface area contributed by atoms with Gasteiger partial charge in [0, 0.05) is 14.2 Å². The molecule has 0 saturated carbocycles. The molecule has 0 radical (unpaired) electrons. The summed E-state index contributed by atoms with van der Waals surface area (Å²) in [4.78, 5) is 1.89. The Balaban J connectivity index is 2.07. The fourth-order valence-electron chi connectivity index (χ4n) is 1.71. The Morgan fingerprint density at radius 1 is 1.27 bits per heavy atom. The zero-order valence-corrected chi connectivity index (χ0v) is 8.71. The molecule has 1 aromatic rings. The Hall–Kier alpha value is -1.34. The van der Waals surface area contributed by atoms with Crippen LogP contribution in [0.2, 0.25) is 0 Å². The minimum Gasteiger partial charge on any atom is -0.390 e. The fraction of sp³-hybridized carbons (Fsp3) is 0.750. The summed E-state index contributed by atoms with van der Waals surface area (Å²) in [6, 6.07) is 0.480. The highest BCUT2D eigenvalue weighted by Gasteiger charge is 2.35. The highest BCUT2D eigenvalue weighted by molar-refractivity contribution is 5.31. The smallest absolute Gasteiger partial charge is 0.319 e. The lowest BCUT2D eigenvalue weighted by Gasteiger charge is -2.13. The maximum atomic E-state index is 5.35. The van der Waals surface area contributed by atoms with Gasteiger partial charge in [0.05, 0.1) is 13.1 Å². The molecule has 2 N–H and O–H groups in total. The average Bonchev–Trinajstić information content (AvgIpc) is 2.82. The van der Waals surface area contributed by atoms with Gasteiger partial charge in [0.1, 0.15) is 12.2 Å². The Kier molecular flexibility index (Phi) is 2.74. The van der Waals surface area contributed by atoms with E-state index in [0.717, 1.165) is 0 Å². The number of methoxy groups -OCH3 is 2. The highest BCUT2D eigenvalue weighted by Crippen LogP contribution is 2.22. The molecule has 1 fully saturated rings. The number of hydrogen-bond donors (Lipinski definition) is 1. The van der Waals surface area contributed by atoms with Crippen LogP contribution in [0.15, 0.2) is 4.42 Å². The van der Waals surface area contributed by atoms with Gasteiger partial charge in [-0.25, -0.2) is 0 Å². The van der Waals surface area contributed by atoms with Crippen LogP contribution in [-0.4, -0.2) is 49.7 Å². The molecule has 0 bridgehead atoms. The van der Waals surface area contributed by atoms with E-state index < -0.39 is 0 Å². The molecule has 0 aliphatic carbocycles. The second kappa shape index (κ2) is 4.03. The second-order valence-electron chi connectivity index (χ2n) is 3.38. The molecule has 2 rings (SSSR count). The lowest BCUT2D eigenvalue weighted by atomic mass is 10.3. The van der Waals surface area contributed by atoms with Gasteiger partial charge in [-0.3, -0.25) is 0 Å². The quantitative estimate of drug-likeness (QED) is 0.725. The van der Waals surface area contributed by atoms with E-state index in [4.69, 9.17) is 19.6 Å². The van der Waals surface area contributed by atoms with Gasteiger partial charge in [0.25, 0.3) is 0 Å². The molecule has 84 valence electrons. The first-order chi connectivity index (χ1) is 7.24. The summed E-state index contributed by atoms with van der Waals surface area (Å²) in [5.41, 5.74) is 5.35. The van der Waals surface area contributed by atoms with Crippen molar-refractivity contribution < 1.29 is 13.9 Å². The average molecular weight is 214 g/mol. The van der Waals surface area contributed by atoms with Gasteiger partial charge in [-0.2, -0.15) is 0 Å². The van der Waals surface area contributed by atoms with Crippen molar-refractivity contribution in [3.05, 3.63) is 0 Å². The summed E-state index contributed by atoms with van der Waals surface area (Å²) in [5, 5.41) is 7.41. The van der Waals surface area contributed by atoms with E-state index in [1.54, 1.807) is 14.2 Å². The van der Waals surface area contributed by atoms with Gasteiger partial charge >= 0.3 is 12.0 Å². The van der Waals surface area contributed by atoms with Crippen LogP contribution < -0.4 is 10.6 Å². The predicted molar refractivity (Wildman–Crippen MR) is 52.5 cm³/mol. The van der Waals surface area contributed by atoms with Crippen LogP contribution in [0, 0.1) is 0 Å². The number of nitrogen functional groups attached to an aromatic ring is 1. The van der Waals surface area contributed by atoms with E-state index in [2.05, 4.69) is 10.2 Å². The van der Waals surface area contributed by atoms with Gasteiger partial charge in [-0.15, -0.1) is 0 Å². The van der Waals surface area contributed by atoms with Crippen LogP contribution in [0.3, 0.4) is 0 Å². The maximum Gasteiger partial charge on any atom is 0.319 e. The zero-order valence-electron chi connectivity index (χ0n) is 8.71. The van der Waals surface area contributed by atoms with Crippen molar-refractivity contribution in [3.63, 3.8) is 0 Å². The molecule has 1 aliphatic rings. The van der Waals surface area contributed by atoms with Crippen molar-refractivity contribution in [1.29, 1.82) is 0 Å². The molecule has 2 atom stereocenters. The van der Waals surface area contributed by atoms with E-state index in [-0.39, 0.29) is 18.2 Å². The van der Waals surface area contributed by atoms with Crippen molar-refractivity contribution in [1.82, 2.24) is 10.2 Å². The largest absolute Gasteiger partial charge is 0.390 e. The van der Waals surface area contributed by atoms with Crippen molar-refractivity contribution >= 4 is 12.0 Å². The Morgan fingerprint density at radius 3 is 2.27 bits per heavy atom. The SMILES string of the molecule is COC1CN(c2nnc(N)o2)CC1OC. The summed E-state index contributed by atoms with van der Waals surface area (Å²) in [6.07, 6.45) is 0.0336. The Labute approximate surface area is 87.1 Å². The molecule has 2 unspecified atom stereocenters. The topological polar surface area (TPSA) is 86.6 Å². The molecular formula is C8H14N4O3. The first kappa shape index (κ1) is 10.2. The molecule has 0 aromatic carbocycles. The van der Waals surface area contributed by atoms with Crippen LogP contribution in [0.1, 0.15) is 0 Å². The van der Waals surface area contributed by atoms with Crippen LogP contribution in [-0.2, 0) is 9.47 Å².